The first kappa shape index (κ1) is 12.4. The van der Waals surface area contributed by atoms with Crippen LogP contribution in [0.15, 0.2) is 0 Å². The van der Waals surface area contributed by atoms with Gasteiger partial charge in [0.2, 0.25) is 5.91 Å². The normalized spacial score (nSPS) is 40.4. The number of hydrogen-bond donors (Lipinski definition) is 2. The van der Waals surface area contributed by atoms with Gasteiger partial charge in [0, 0.05) is 6.54 Å². The fourth-order valence-corrected chi connectivity index (χ4v) is 3.10. The highest BCUT2D eigenvalue weighted by molar-refractivity contribution is 5.86. The molecule has 4 nitrogen and oxygen atoms in total. The first-order valence-corrected chi connectivity index (χ1v) is 6.43. The van der Waals surface area contributed by atoms with Crippen molar-refractivity contribution in [3.05, 3.63) is 0 Å². The molecule has 2 N–H and O–H groups in total. The molecule has 0 aromatic heterocycles. The van der Waals surface area contributed by atoms with Crippen LogP contribution in [0, 0.1) is 28.6 Å². The quantitative estimate of drug-likeness (QED) is 0.773. The van der Waals surface area contributed by atoms with Crippen LogP contribution in [0.3, 0.4) is 0 Å². The average Bonchev–Trinajstić information content (AvgIpc) is 2.67. The molecule has 0 saturated heterocycles. The smallest absolute Gasteiger partial charge is 0.240 e. The van der Waals surface area contributed by atoms with Crippen LogP contribution in [-0.4, -0.2) is 23.7 Å². The molecule has 2 aliphatic rings. The van der Waals surface area contributed by atoms with E-state index in [0.717, 1.165) is 19.3 Å². The van der Waals surface area contributed by atoms with Gasteiger partial charge in [-0.25, -0.2) is 0 Å². The fraction of sp³-hybridized carbons (Fsp3) is 0.846. The Morgan fingerprint density at radius 3 is 2.71 bits per heavy atom. The summed E-state index contributed by atoms with van der Waals surface area (Å²) in [6, 6.07) is 2.17. The van der Waals surface area contributed by atoms with Gasteiger partial charge in [0.1, 0.15) is 5.41 Å². The van der Waals surface area contributed by atoms with Crippen molar-refractivity contribution < 1.29 is 9.90 Å². The second kappa shape index (κ2) is 4.66. The summed E-state index contributed by atoms with van der Waals surface area (Å²) in [6.45, 7) is 2.67. The van der Waals surface area contributed by atoms with Crippen LogP contribution in [-0.2, 0) is 4.79 Å². The van der Waals surface area contributed by atoms with E-state index in [9.17, 15) is 9.90 Å². The minimum atomic E-state index is -0.767. The Kier molecular flexibility index (Phi) is 3.39. The summed E-state index contributed by atoms with van der Waals surface area (Å²) in [5.74, 6) is 0.746. The average molecular weight is 236 g/mol. The molecule has 2 rings (SSSR count). The number of nitrogens with zero attached hydrogens (tertiary/aromatic N) is 1. The molecule has 0 aliphatic heterocycles. The molecule has 2 atom stereocenters. The van der Waals surface area contributed by atoms with Crippen molar-refractivity contribution in [1.82, 2.24) is 5.32 Å². The molecule has 1 amide bonds. The molecule has 2 unspecified atom stereocenters. The van der Waals surface area contributed by atoms with Gasteiger partial charge in [-0.05, 0) is 43.9 Å². The highest BCUT2D eigenvalue weighted by atomic mass is 16.3. The number of nitriles is 1. The number of rotatable bonds is 3. The number of carbonyl (C=O) groups is 1. The van der Waals surface area contributed by atoms with Crippen molar-refractivity contribution in [2.75, 3.05) is 6.54 Å². The SMILES string of the molecule is CC1CC(C#N)(C(=O)NCC2CCC(O)C2)C1. The van der Waals surface area contributed by atoms with Crippen molar-refractivity contribution in [3.63, 3.8) is 0 Å². The van der Waals surface area contributed by atoms with E-state index in [1.54, 1.807) is 0 Å². The molecule has 2 fully saturated rings. The molecule has 0 heterocycles. The van der Waals surface area contributed by atoms with E-state index in [1.165, 1.54) is 0 Å². The number of carbonyl (C=O) groups excluding carboxylic acids is 1. The van der Waals surface area contributed by atoms with Gasteiger partial charge in [-0.15, -0.1) is 0 Å². The van der Waals surface area contributed by atoms with Gasteiger partial charge >= 0.3 is 0 Å². The van der Waals surface area contributed by atoms with Crippen molar-refractivity contribution in [1.29, 1.82) is 5.26 Å². The van der Waals surface area contributed by atoms with Gasteiger partial charge in [0.15, 0.2) is 0 Å². The van der Waals surface area contributed by atoms with Crippen LogP contribution >= 0.6 is 0 Å². The van der Waals surface area contributed by atoms with E-state index in [4.69, 9.17) is 5.26 Å². The first-order valence-electron chi connectivity index (χ1n) is 6.43. The van der Waals surface area contributed by atoms with Crippen LogP contribution in [0.1, 0.15) is 39.0 Å². The third kappa shape index (κ3) is 2.44. The van der Waals surface area contributed by atoms with E-state index in [0.29, 0.717) is 31.2 Å². The van der Waals surface area contributed by atoms with Gasteiger partial charge in [-0.1, -0.05) is 6.92 Å². The van der Waals surface area contributed by atoms with E-state index >= 15 is 0 Å². The van der Waals surface area contributed by atoms with Crippen molar-refractivity contribution >= 4 is 5.91 Å². The lowest BCUT2D eigenvalue weighted by Gasteiger charge is -2.39. The Morgan fingerprint density at radius 1 is 1.53 bits per heavy atom. The Hall–Kier alpha value is -1.08. The van der Waals surface area contributed by atoms with Crippen LogP contribution in [0.5, 0.6) is 0 Å². The molecule has 0 bridgehead atoms. The molecule has 0 radical (unpaired) electrons. The molecule has 0 aromatic rings. The molecule has 17 heavy (non-hydrogen) atoms. The monoisotopic (exact) mass is 236 g/mol. The van der Waals surface area contributed by atoms with Gasteiger partial charge in [0.05, 0.1) is 12.2 Å². The number of aliphatic hydroxyl groups is 1. The van der Waals surface area contributed by atoms with Gasteiger partial charge in [0.25, 0.3) is 0 Å². The number of aliphatic hydroxyl groups excluding tert-OH is 1. The van der Waals surface area contributed by atoms with E-state index in [-0.39, 0.29) is 12.0 Å². The van der Waals surface area contributed by atoms with Crippen LogP contribution < -0.4 is 5.32 Å². The van der Waals surface area contributed by atoms with Gasteiger partial charge < -0.3 is 10.4 Å². The zero-order valence-electron chi connectivity index (χ0n) is 10.3. The van der Waals surface area contributed by atoms with Crippen molar-refractivity contribution in [2.45, 2.75) is 45.1 Å². The van der Waals surface area contributed by atoms with Crippen molar-refractivity contribution in [2.24, 2.45) is 17.3 Å². The molecule has 94 valence electrons. The third-order valence-electron chi connectivity index (χ3n) is 4.11. The maximum Gasteiger partial charge on any atom is 0.240 e. The number of amides is 1. The topological polar surface area (TPSA) is 73.1 Å². The number of hydrogen-bond acceptors (Lipinski definition) is 3. The minimum Gasteiger partial charge on any atom is -0.393 e. The summed E-state index contributed by atoms with van der Waals surface area (Å²) in [6.07, 6.45) is 3.74. The fourth-order valence-electron chi connectivity index (χ4n) is 3.10. The Morgan fingerprint density at radius 2 is 2.24 bits per heavy atom. The van der Waals surface area contributed by atoms with Crippen LogP contribution in [0.2, 0.25) is 0 Å². The summed E-state index contributed by atoms with van der Waals surface area (Å²) >= 11 is 0. The highest BCUT2D eigenvalue weighted by Crippen LogP contribution is 2.45. The van der Waals surface area contributed by atoms with Crippen molar-refractivity contribution in [3.8, 4) is 6.07 Å². The summed E-state index contributed by atoms with van der Waals surface area (Å²) in [5, 5.41) is 21.4. The molecule has 0 aromatic carbocycles. The number of nitrogens with one attached hydrogen (secondary N) is 1. The molecule has 2 aliphatic carbocycles. The third-order valence-corrected chi connectivity index (χ3v) is 4.11. The lowest BCUT2D eigenvalue weighted by molar-refractivity contribution is -0.134. The molecule has 4 heteroatoms. The summed E-state index contributed by atoms with van der Waals surface area (Å²) < 4.78 is 0. The van der Waals surface area contributed by atoms with Crippen LogP contribution in [0.25, 0.3) is 0 Å². The molecular weight excluding hydrogens is 216 g/mol. The molecular formula is C13H20N2O2. The second-order valence-electron chi connectivity index (χ2n) is 5.75. The summed E-state index contributed by atoms with van der Waals surface area (Å²) in [4.78, 5) is 12.0. The second-order valence-corrected chi connectivity index (χ2v) is 5.75. The van der Waals surface area contributed by atoms with Crippen LogP contribution in [0.4, 0.5) is 0 Å². The van der Waals surface area contributed by atoms with E-state index in [1.807, 2.05) is 0 Å². The zero-order valence-corrected chi connectivity index (χ0v) is 10.3. The molecule has 0 spiro atoms. The van der Waals surface area contributed by atoms with Gasteiger partial charge in [-0.2, -0.15) is 5.26 Å². The van der Waals surface area contributed by atoms with Gasteiger partial charge in [-0.3, -0.25) is 4.79 Å². The first-order chi connectivity index (χ1) is 8.05. The maximum atomic E-state index is 12.0. The predicted molar refractivity (Wildman–Crippen MR) is 62.8 cm³/mol. The maximum absolute atomic E-state index is 12.0. The standard InChI is InChI=1S/C13H20N2O2/c1-9-5-13(6-9,8-14)12(17)15-7-10-2-3-11(16)4-10/h9-11,16H,2-7H2,1H3,(H,15,17). The Labute approximate surface area is 102 Å². The minimum absolute atomic E-state index is 0.112. The molecule has 2 saturated carbocycles. The largest absolute Gasteiger partial charge is 0.393 e. The Bertz CT molecular complexity index is 342. The lowest BCUT2D eigenvalue weighted by Crippen LogP contribution is -2.49. The predicted octanol–water partition coefficient (Wildman–Crippen LogP) is 1.20. The Balaban J connectivity index is 1.80. The summed E-state index contributed by atoms with van der Waals surface area (Å²) in [7, 11) is 0. The zero-order chi connectivity index (χ0) is 12.5. The van der Waals surface area contributed by atoms with E-state index < -0.39 is 5.41 Å². The summed E-state index contributed by atoms with van der Waals surface area (Å²) in [5.41, 5.74) is -0.767. The van der Waals surface area contributed by atoms with E-state index in [2.05, 4.69) is 18.3 Å². The highest BCUT2D eigenvalue weighted by Gasteiger charge is 2.48. The lowest BCUT2D eigenvalue weighted by atomic mass is 9.63.